The summed E-state index contributed by atoms with van der Waals surface area (Å²) in [6, 6.07) is 24.3. The molecule has 0 amide bonds. The number of benzene rings is 4. The van der Waals surface area contributed by atoms with E-state index in [1.165, 1.54) is 0 Å². The Morgan fingerprint density at radius 3 is 0.750 bits per heavy atom. The van der Waals surface area contributed by atoms with Crippen LogP contribution in [0.4, 0.5) is 0 Å². The molecule has 0 radical (unpaired) electrons. The molecule has 3 aliphatic carbocycles. The highest BCUT2D eigenvalue weighted by Crippen LogP contribution is 2.65. The van der Waals surface area contributed by atoms with Gasteiger partial charge < -0.3 is 0 Å². The van der Waals surface area contributed by atoms with Gasteiger partial charge in [-0.1, -0.05) is 142 Å². The number of halogens is 6. The van der Waals surface area contributed by atoms with E-state index in [9.17, 15) is 0 Å². The monoisotopic (exact) mass is 582 g/mol. The van der Waals surface area contributed by atoms with Crippen molar-refractivity contribution in [1.29, 1.82) is 0 Å². The SMILES string of the molecule is ClC(Cl)=C1c2ccccc2-c2c1c1c(c3c2C(=C(Cl)Cl)c2ccccc2-3)C(=C(Cl)Cl)c2ccccc2-1. The summed E-state index contributed by atoms with van der Waals surface area (Å²) >= 11 is 39.7. The molecule has 0 atom stereocenters. The Labute approximate surface area is 238 Å². The van der Waals surface area contributed by atoms with Gasteiger partial charge in [0.1, 0.15) is 13.5 Å². The quantitative estimate of drug-likeness (QED) is 0.166. The van der Waals surface area contributed by atoms with Crippen LogP contribution in [0.2, 0.25) is 0 Å². The highest BCUT2D eigenvalue weighted by molar-refractivity contribution is 6.61. The number of fused-ring (bicyclic) bond motifs is 12. The summed E-state index contributed by atoms with van der Waals surface area (Å²) in [6.45, 7) is 0. The summed E-state index contributed by atoms with van der Waals surface area (Å²) in [5.41, 5.74) is 14.0. The van der Waals surface area contributed by atoms with Gasteiger partial charge in [-0.15, -0.1) is 0 Å². The van der Waals surface area contributed by atoms with Gasteiger partial charge in [-0.3, -0.25) is 0 Å². The molecule has 0 unspecified atom stereocenters. The Kier molecular flexibility index (Phi) is 5.22. The van der Waals surface area contributed by atoms with Crippen LogP contribution in [0.5, 0.6) is 0 Å². The molecule has 0 saturated heterocycles. The first-order valence-corrected chi connectivity index (χ1v) is 13.4. The lowest BCUT2D eigenvalue weighted by atomic mass is 9.84. The Morgan fingerprint density at radius 1 is 0.306 bits per heavy atom. The molecule has 0 aliphatic heterocycles. The van der Waals surface area contributed by atoms with Crippen LogP contribution in [0.25, 0.3) is 50.1 Å². The highest BCUT2D eigenvalue weighted by atomic mass is 35.5. The Bertz CT molecular complexity index is 1550. The molecule has 0 aromatic heterocycles. The van der Waals surface area contributed by atoms with Crippen molar-refractivity contribution in [2.45, 2.75) is 0 Å². The maximum Gasteiger partial charge on any atom is 0.115 e. The van der Waals surface area contributed by atoms with Gasteiger partial charge in [0.15, 0.2) is 0 Å². The van der Waals surface area contributed by atoms with Gasteiger partial charge in [-0.2, -0.15) is 0 Å². The summed E-state index contributed by atoms with van der Waals surface area (Å²) in [7, 11) is 0. The van der Waals surface area contributed by atoms with Crippen LogP contribution < -0.4 is 0 Å². The predicted octanol–water partition coefficient (Wildman–Crippen LogP) is 11.2. The van der Waals surface area contributed by atoms with Gasteiger partial charge >= 0.3 is 0 Å². The molecule has 0 saturated carbocycles. The molecule has 0 nitrogen and oxygen atoms in total. The fourth-order valence-corrected chi connectivity index (χ4v) is 7.24. The third-order valence-corrected chi connectivity index (χ3v) is 8.35. The second-order valence-electron chi connectivity index (χ2n) is 8.79. The number of hydrogen-bond donors (Lipinski definition) is 0. The van der Waals surface area contributed by atoms with Crippen LogP contribution in [0.3, 0.4) is 0 Å². The first kappa shape index (κ1) is 23.0. The van der Waals surface area contributed by atoms with Crippen molar-refractivity contribution >= 4 is 86.3 Å². The lowest BCUT2D eigenvalue weighted by Gasteiger charge is -2.18. The van der Waals surface area contributed by atoms with E-state index < -0.39 is 0 Å². The Balaban J connectivity index is 1.83. The van der Waals surface area contributed by atoms with Crippen molar-refractivity contribution in [3.8, 4) is 33.4 Å². The predicted molar refractivity (Wildman–Crippen MR) is 156 cm³/mol. The molecule has 0 spiro atoms. The standard InChI is InChI=1S/C30H12Cl6/c31-28(32)22-16-10-4-1-7-13(16)19-25(22)20-15-9-3-6-12-18(15)24(30(35)36)27(20)21-14-8-2-5-11-17(14)23(26(19)21)29(33)34/h1-12H. The lowest BCUT2D eigenvalue weighted by Crippen LogP contribution is -1.97. The fourth-order valence-electron chi connectivity index (χ4n) is 6.06. The summed E-state index contributed by atoms with van der Waals surface area (Å²) in [6.07, 6.45) is 0. The Hall–Kier alpha value is -2.16. The molecule has 7 rings (SSSR count). The van der Waals surface area contributed by atoms with E-state index >= 15 is 0 Å². The largest absolute Gasteiger partial charge is 0.115 e. The second kappa shape index (κ2) is 8.17. The third-order valence-electron chi connectivity index (χ3n) is 7.21. The van der Waals surface area contributed by atoms with Crippen molar-refractivity contribution in [2.75, 3.05) is 0 Å². The molecule has 4 aromatic rings. The Morgan fingerprint density at radius 2 is 0.528 bits per heavy atom. The molecule has 0 fully saturated rings. The summed E-state index contributed by atoms with van der Waals surface area (Å²) < 4.78 is 0.565. The van der Waals surface area contributed by atoms with Crippen molar-refractivity contribution in [2.24, 2.45) is 0 Å². The summed E-state index contributed by atoms with van der Waals surface area (Å²) in [5.74, 6) is 0. The second-order valence-corrected chi connectivity index (χ2v) is 11.6. The molecular formula is C30H12Cl6. The zero-order valence-electron chi connectivity index (χ0n) is 18.2. The topological polar surface area (TPSA) is 0 Å². The van der Waals surface area contributed by atoms with Crippen molar-refractivity contribution in [3.05, 3.63) is 120 Å². The minimum atomic E-state index is 0.188. The van der Waals surface area contributed by atoms with Crippen LogP contribution in [0, 0.1) is 0 Å². The van der Waals surface area contributed by atoms with Crippen molar-refractivity contribution in [3.63, 3.8) is 0 Å². The van der Waals surface area contributed by atoms with Crippen LogP contribution in [0.1, 0.15) is 33.4 Å². The van der Waals surface area contributed by atoms with Crippen LogP contribution in [-0.2, 0) is 0 Å². The maximum atomic E-state index is 6.62. The van der Waals surface area contributed by atoms with E-state index in [0.29, 0.717) is 0 Å². The first-order valence-electron chi connectivity index (χ1n) is 11.1. The van der Waals surface area contributed by atoms with Gasteiger partial charge in [-0.25, -0.2) is 0 Å². The molecule has 3 aliphatic rings. The van der Waals surface area contributed by atoms with E-state index in [4.69, 9.17) is 69.6 Å². The molecule has 0 bridgehead atoms. The average molecular weight is 585 g/mol. The van der Waals surface area contributed by atoms with Crippen LogP contribution >= 0.6 is 69.6 Å². The molecule has 4 aromatic carbocycles. The van der Waals surface area contributed by atoms with E-state index in [2.05, 4.69) is 18.2 Å². The van der Waals surface area contributed by atoms with Gasteiger partial charge in [-0.05, 0) is 50.1 Å². The van der Waals surface area contributed by atoms with Crippen LogP contribution in [-0.4, -0.2) is 0 Å². The summed E-state index contributed by atoms with van der Waals surface area (Å²) in [4.78, 5) is 0. The highest BCUT2D eigenvalue weighted by Gasteiger charge is 2.43. The molecule has 36 heavy (non-hydrogen) atoms. The smallest absolute Gasteiger partial charge is 0.0702 e. The zero-order valence-corrected chi connectivity index (χ0v) is 22.7. The molecule has 0 heterocycles. The number of hydrogen-bond acceptors (Lipinski definition) is 0. The third kappa shape index (κ3) is 2.86. The lowest BCUT2D eigenvalue weighted by molar-refractivity contribution is 1.58. The van der Waals surface area contributed by atoms with Gasteiger partial charge in [0.25, 0.3) is 0 Å². The molecule has 174 valence electrons. The fraction of sp³-hybridized carbons (Fsp3) is 0. The summed E-state index contributed by atoms with van der Waals surface area (Å²) in [5, 5.41) is 0. The van der Waals surface area contributed by atoms with Crippen LogP contribution in [0.15, 0.2) is 86.3 Å². The first-order chi connectivity index (χ1) is 17.4. The molecule has 6 heteroatoms. The van der Waals surface area contributed by atoms with E-state index in [0.717, 1.165) is 83.5 Å². The van der Waals surface area contributed by atoms with Gasteiger partial charge in [0, 0.05) is 33.4 Å². The normalized spacial score (nSPS) is 13.7. The number of rotatable bonds is 0. The van der Waals surface area contributed by atoms with Crippen molar-refractivity contribution in [1.82, 2.24) is 0 Å². The zero-order chi connectivity index (χ0) is 24.9. The minimum absolute atomic E-state index is 0.188. The molecule has 0 N–H and O–H groups in total. The van der Waals surface area contributed by atoms with Gasteiger partial charge in [0.05, 0.1) is 0 Å². The maximum absolute atomic E-state index is 6.62. The molecular weight excluding hydrogens is 573 g/mol. The van der Waals surface area contributed by atoms with E-state index in [1.807, 2.05) is 54.6 Å². The average Bonchev–Trinajstić information content (AvgIpc) is 3.49. The minimum Gasteiger partial charge on any atom is -0.0702 e. The van der Waals surface area contributed by atoms with Crippen molar-refractivity contribution < 1.29 is 0 Å². The van der Waals surface area contributed by atoms with Gasteiger partial charge in [0.2, 0.25) is 0 Å². The van der Waals surface area contributed by atoms with E-state index in [1.54, 1.807) is 0 Å². The van der Waals surface area contributed by atoms with E-state index in [-0.39, 0.29) is 13.5 Å².